The van der Waals surface area contributed by atoms with Gasteiger partial charge in [0.25, 0.3) is 0 Å². The molecule has 0 amide bonds. The van der Waals surface area contributed by atoms with E-state index in [9.17, 15) is 18.0 Å². The van der Waals surface area contributed by atoms with Crippen LogP contribution < -0.4 is 9.47 Å². The molecule has 0 aliphatic rings. The third-order valence-corrected chi connectivity index (χ3v) is 7.32. The predicted molar refractivity (Wildman–Crippen MR) is 131 cm³/mol. The van der Waals surface area contributed by atoms with E-state index in [4.69, 9.17) is 32.7 Å². The molecule has 0 fully saturated rings. The van der Waals surface area contributed by atoms with E-state index in [-0.39, 0.29) is 42.5 Å². The van der Waals surface area contributed by atoms with E-state index in [1.54, 1.807) is 36.4 Å². The first kappa shape index (κ1) is 24.5. The Hall–Kier alpha value is -3.65. The molecule has 4 aromatic rings. The third kappa shape index (κ3) is 5.54. The quantitative estimate of drug-likeness (QED) is 0.217. The van der Waals surface area contributed by atoms with Crippen molar-refractivity contribution in [1.29, 1.82) is 0 Å². The summed E-state index contributed by atoms with van der Waals surface area (Å²) < 4.78 is 36.5. The summed E-state index contributed by atoms with van der Waals surface area (Å²) in [5, 5.41) is 0.496. The van der Waals surface area contributed by atoms with Gasteiger partial charge in [-0.1, -0.05) is 47.5 Å². The van der Waals surface area contributed by atoms with Gasteiger partial charge in [-0.25, -0.2) is 18.0 Å². The first-order valence-corrected chi connectivity index (χ1v) is 12.4. The van der Waals surface area contributed by atoms with Crippen molar-refractivity contribution in [3.8, 4) is 11.5 Å². The van der Waals surface area contributed by atoms with E-state index in [0.717, 1.165) is 0 Å². The van der Waals surface area contributed by atoms with Gasteiger partial charge in [-0.2, -0.15) is 0 Å². The average Bonchev–Trinajstić information content (AvgIpc) is 2.85. The minimum absolute atomic E-state index is 0.00384. The molecule has 4 aromatic carbocycles. The van der Waals surface area contributed by atoms with Crippen LogP contribution in [0.5, 0.6) is 11.5 Å². The van der Waals surface area contributed by atoms with Crippen LogP contribution in [0.3, 0.4) is 0 Å². The molecule has 0 aliphatic carbocycles. The molecule has 0 saturated heterocycles. The highest BCUT2D eigenvalue weighted by atomic mass is 35.5. The van der Waals surface area contributed by atoms with Crippen molar-refractivity contribution in [2.75, 3.05) is 0 Å². The second kappa shape index (κ2) is 10.3. The Morgan fingerprint density at radius 1 is 0.543 bits per heavy atom. The molecule has 0 bridgehead atoms. The number of sulfone groups is 1. The van der Waals surface area contributed by atoms with E-state index in [1.807, 2.05) is 0 Å². The van der Waals surface area contributed by atoms with Crippen molar-refractivity contribution in [1.82, 2.24) is 0 Å². The van der Waals surface area contributed by atoms with Crippen LogP contribution in [-0.2, 0) is 9.84 Å². The number of benzene rings is 4. The normalized spacial score (nSPS) is 11.0. The van der Waals surface area contributed by atoms with Crippen LogP contribution in [0, 0.1) is 0 Å². The van der Waals surface area contributed by atoms with Crippen molar-refractivity contribution in [2.45, 2.75) is 9.79 Å². The largest absolute Gasteiger partial charge is 0.423 e. The van der Waals surface area contributed by atoms with Crippen molar-refractivity contribution < 1.29 is 27.5 Å². The monoisotopic (exact) mass is 526 g/mol. The number of carbonyl (C=O) groups excluding carboxylic acids is 2. The lowest BCUT2D eigenvalue weighted by molar-refractivity contribution is 0.0725. The lowest BCUT2D eigenvalue weighted by Crippen LogP contribution is -2.10. The fourth-order valence-corrected chi connectivity index (χ4v) is 4.77. The van der Waals surface area contributed by atoms with E-state index in [2.05, 4.69) is 0 Å². The van der Waals surface area contributed by atoms with Crippen molar-refractivity contribution >= 4 is 45.0 Å². The lowest BCUT2D eigenvalue weighted by Gasteiger charge is -2.09. The van der Waals surface area contributed by atoms with Gasteiger partial charge in [0.15, 0.2) is 0 Å². The molecule has 6 nitrogen and oxygen atoms in total. The second-order valence-corrected chi connectivity index (χ2v) is 9.95. The topological polar surface area (TPSA) is 86.7 Å². The zero-order valence-corrected chi connectivity index (χ0v) is 20.2. The molecule has 0 saturated carbocycles. The minimum Gasteiger partial charge on any atom is -0.423 e. The number of rotatable bonds is 6. The van der Waals surface area contributed by atoms with Gasteiger partial charge in [0.1, 0.15) is 11.5 Å². The Bertz CT molecular complexity index is 1390. The van der Waals surface area contributed by atoms with Crippen LogP contribution in [-0.4, -0.2) is 20.4 Å². The maximum absolute atomic E-state index is 13.0. The zero-order chi connectivity index (χ0) is 25.0. The number of hydrogen-bond acceptors (Lipinski definition) is 6. The van der Waals surface area contributed by atoms with Gasteiger partial charge in [0, 0.05) is 0 Å². The van der Waals surface area contributed by atoms with Crippen LogP contribution >= 0.6 is 23.2 Å². The zero-order valence-electron chi connectivity index (χ0n) is 17.9. The number of esters is 2. The average molecular weight is 527 g/mol. The molecule has 35 heavy (non-hydrogen) atoms. The van der Waals surface area contributed by atoms with Crippen LogP contribution in [0.15, 0.2) is 107 Å². The molecule has 0 spiro atoms. The number of halogens is 2. The number of carbonyl (C=O) groups is 2. The summed E-state index contributed by atoms with van der Waals surface area (Å²) in [5.74, 6) is -0.993. The van der Waals surface area contributed by atoms with Gasteiger partial charge >= 0.3 is 11.9 Å². The molecule has 0 heterocycles. The fourth-order valence-electron chi connectivity index (χ4n) is 3.09. The molecule has 4 rings (SSSR count). The summed E-state index contributed by atoms with van der Waals surface area (Å²) in [6, 6.07) is 23.7. The Morgan fingerprint density at radius 3 is 1.23 bits per heavy atom. The van der Waals surface area contributed by atoms with E-state index in [0.29, 0.717) is 0 Å². The Balaban J connectivity index is 1.46. The van der Waals surface area contributed by atoms with Gasteiger partial charge < -0.3 is 9.47 Å². The number of ether oxygens (including phenoxy) is 2. The standard InChI is InChI=1S/C26H16Cl2O6S/c27-23-7-3-1-5-21(23)25(29)33-17-9-13-19(14-10-17)35(31,32)20-15-11-18(12-16-20)34-26(30)22-6-2-4-8-24(22)28/h1-16H. The summed E-state index contributed by atoms with van der Waals surface area (Å²) in [7, 11) is -3.87. The Morgan fingerprint density at radius 2 is 0.886 bits per heavy atom. The van der Waals surface area contributed by atoms with Gasteiger partial charge in [-0.05, 0) is 72.8 Å². The van der Waals surface area contributed by atoms with Crippen LogP contribution in [0.4, 0.5) is 0 Å². The molecule has 9 heteroatoms. The third-order valence-electron chi connectivity index (χ3n) is 4.88. The first-order valence-electron chi connectivity index (χ1n) is 10.1. The lowest BCUT2D eigenvalue weighted by atomic mass is 10.2. The fraction of sp³-hybridized carbons (Fsp3) is 0. The van der Waals surface area contributed by atoms with E-state index in [1.165, 1.54) is 60.7 Å². The van der Waals surface area contributed by atoms with Gasteiger partial charge in [0.2, 0.25) is 9.84 Å². The molecule has 0 aromatic heterocycles. The van der Waals surface area contributed by atoms with Crippen molar-refractivity contribution in [3.63, 3.8) is 0 Å². The van der Waals surface area contributed by atoms with Gasteiger partial charge in [-0.3, -0.25) is 0 Å². The van der Waals surface area contributed by atoms with Crippen LogP contribution in [0.2, 0.25) is 10.0 Å². The summed E-state index contributed by atoms with van der Waals surface area (Å²) in [5.41, 5.74) is 0.391. The molecular formula is C26H16Cl2O6S. The van der Waals surface area contributed by atoms with E-state index < -0.39 is 21.8 Å². The van der Waals surface area contributed by atoms with Gasteiger partial charge in [-0.15, -0.1) is 0 Å². The van der Waals surface area contributed by atoms with Crippen molar-refractivity contribution in [3.05, 3.63) is 118 Å². The highest BCUT2D eigenvalue weighted by molar-refractivity contribution is 7.91. The molecule has 0 aliphatic heterocycles. The molecule has 0 unspecified atom stereocenters. The summed E-state index contributed by atoms with van der Waals surface area (Å²) in [6.45, 7) is 0. The van der Waals surface area contributed by atoms with Crippen LogP contribution in [0.1, 0.15) is 20.7 Å². The highest BCUT2D eigenvalue weighted by Crippen LogP contribution is 2.26. The maximum atomic E-state index is 13.0. The molecular weight excluding hydrogens is 511 g/mol. The first-order chi connectivity index (χ1) is 16.8. The minimum atomic E-state index is -3.87. The van der Waals surface area contributed by atoms with Gasteiger partial charge in [0.05, 0.1) is 31.0 Å². The summed E-state index contributed by atoms with van der Waals surface area (Å²) >= 11 is 12.0. The molecule has 0 atom stereocenters. The maximum Gasteiger partial charge on any atom is 0.345 e. The predicted octanol–water partition coefficient (Wildman–Crippen LogP) is 6.26. The Kier molecular flexibility index (Phi) is 7.21. The highest BCUT2D eigenvalue weighted by Gasteiger charge is 2.19. The van der Waals surface area contributed by atoms with E-state index >= 15 is 0 Å². The van der Waals surface area contributed by atoms with Crippen molar-refractivity contribution in [2.24, 2.45) is 0 Å². The summed E-state index contributed by atoms with van der Waals surface area (Å²) in [6.07, 6.45) is 0. The Labute approximate surface area is 211 Å². The van der Waals surface area contributed by atoms with Crippen LogP contribution in [0.25, 0.3) is 0 Å². The molecule has 176 valence electrons. The molecule has 0 radical (unpaired) electrons. The molecule has 0 N–H and O–H groups in total. The number of hydrogen-bond donors (Lipinski definition) is 0. The smallest absolute Gasteiger partial charge is 0.345 e. The SMILES string of the molecule is O=C(Oc1ccc(S(=O)(=O)c2ccc(OC(=O)c3ccccc3Cl)cc2)cc1)c1ccccc1Cl. The second-order valence-electron chi connectivity index (χ2n) is 7.18. The summed E-state index contributed by atoms with van der Waals surface area (Å²) in [4.78, 5) is 24.6.